The molecule has 1 heterocycles. The van der Waals surface area contributed by atoms with Gasteiger partial charge in [-0.25, -0.2) is 0 Å². The standard InChI is InChI=1S/C16H18N2O3/c1-11(2)18(10-15(19)21-3)16(20)13-6-7-14-12(9-13)5-4-8-17-14/h4-9,11H,10H2,1-3H3. The summed E-state index contributed by atoms with van der Waals surface area (Å²) in [4.78, 5) is 29.7. The molecule has 0 radical (unpaired) electrons. The lowest BCUT2D eigenvalue weighted by atomic mass is 10.1. The van der Waals surface area contributed by atoms with Crippen LogP contribution in [-0.4, -0.2) is 41.5 Å². The molecule has 0 unspecified atom stereocenters. The summed E-state index contributed by atoms with van der Waals surface area (Å²) in [5, 5.41) is 0.894. The lowest BCUT2D eigenvalue weighted by Gasteiger charge is -2.25. The zero-order valence-corrected chi connectivity index (χ0v) is 12.4. The zero-order chi connectivity index (χ0) is 15.4. The number of benzene rings is 1. The van der Waals surface area contributed by atoms with Gasteiger partial charge < -0.3 is 9.64 Å². The molecule has 1 aromatic heterocycles. The van der Waals surface area contributed by atoms with Crippen molar-refractivity contribution in [3.8, 4) is 0 Å². The molecule has 0 bridgehead atoms. The minimum absolute atomic E-state index is 0.0575. The number of pyridine rings is 1. The Bertz CT molecular complexity index is 667. The van der Waals surface area contributed by atoms with Crippen molar-refractivity contribution in [2.75, 3.05) is 13.7 Å². The maximum absolute atomic E-state index is 12.6. The van der Waals surface area contributed by atoms with Crippen LogP contribution in [0.4, 0.5) is 0 Å². The van der Waals surface area contributed by atoms with Crippen LogP contribution in [0.15, 0.2) is 36.5 Å². The number of hydrogen-bond donors (Lipinski definition) is 0. The van der Waals surface area contributed by atoms with Crippen LogP contribution in [0.5, 0.6) is 0 Å². The van der Waals surface area contributed by atoms with Gasteiger partial charge in [-0.1, -0.05) is 6.07 Å². The average Bonchev–Trinajstić information content (AvgIpc) is 2.50. The number of rotatable bonds is 4. The molecular weight excluding hydrogens is 268 g/mol. The van der Waals surface area contributed by atoms with Crippen molar-refractivity contribution in [2.45, 2.75) is 19.9 Å². The molecule has 0 aliphatic rings. The van der Waals surface area contributed by atoms with Crippen LogP contribution < -0.4 is 0 Å². The number of nitrogens with zero attached hydrogens (tertiary/aromatic N) is 2. The van der Waals surface area contributed by atoms with E-state index in [-0.39, 0.29) is 18.5 Å². The molecule has 5 nitrogen and oxygen atoms in total. The van der Waals surface area contributed by atoms with E-state index < -0.39 is 5.97 Å². The summed E-state index contributed by atoms with van der Waals surface area (Å²) in [6.07, 6.45) is 1.71. The predicted molar refractivity (Wildman–Crippen MR) is 79.9 cm³/mol. The number of amides is 1. The Labute approximate surface area is 123 Å². The number of hydrogen-bond acceptors (Lipinski definition) is 4. The van der Waals surface area contributed by atoms with Gasteiger partial charge in [-0.05, 0) is 38.1 Å². The Hall–Kier alpha value is -2.43. The molecule has 0 saturated carbocycles. The second-order valence-corrected chi connectivity index (χ2v) is 5.01. The molecule has 0 aliphatic heterocycles. The highest BCUT2D eigenvalue weighted by molar-refractivity contribution is 5.99. The minimum Gasteiger partial charge on any atom is -0.468 e. The van der Waals surface area contributed by atoms with E-state index in [0.29, 0.717) is 5.56 Å². The average molecular weight is 286 g/mol. The van der Waals surface area contributed by atoms with Crippen molar-refractivity contribution in [2.24, 2.45) is 0 Å². The molecule has 0 spiro atoms. The third-order valence-corrected chi connectivity index (χ3v) is 3.26. The lowest BCUT2D eigenvalue weighted by Crippen LogP contribution is -2.41. The second-order valence-electron chi connectivity index (χ2n) is 5.01. The van der Waals surface area contributed by atoms with Crippen LogP contribution in [0.1, 0.15) is 24.2 Å². The Morgan fingerprint density at radius 2 is 2.05 bits per heavy atom. The summed E-state index contributed by atoms with van der Waals surface area (Å²) in [5.74, 6) is -0.624. The first-order valence-electron chi connectivity index (χ1n) is 6.75. The van der Waals surface area contributed by atoms with Gasteiger partial charge in [0.15, 0.2) is 0 Å². The van der Waals surface area contributed by atoms with Gasteiger partial charge in [0.1, 0.15) is 6.54 Å². The summed E-state index contributed by atoms with van der Waals surface area (Å²) < 4.78 is 4.64. The van der Waals surface area contributed by atoms with Gasteiger partial charge in [-0.3, -0.25) is 14.6 Å². The number of ether oxygens (including phenoxy) is 1. The molecule has 1 amide bonds. The van der Waals surface area contributed by atoms with Gasteiger partial charge in [-0.2, -0.15) is 0 Å². The number of esters is 1. The Kier molecular flexibility index (Phi) is 4.52. The molecule has 21 heavy (non-hydrogen) atoms. The van der Waals surface area contributed by atoms with Crippen LogP contribution in [0, 0.1) is 0 Å². The Morgan fingerprint density at radius 3 is 2.71 bits per heavy atom. The van der Waals surface area contributed by atoms with Crippen molar-refractivity contribution in [1.29, 1.82) is 0 Å². The highest BCUT2D eigenvalue weighted by Crippen LogP contribution is 2.16. The number of fused-ring (bicyclic) bond motifs is 1. The van der Waals surface area contributed by atoms with Crippen molar-refractivity contribution in [3.63, 3.8) is 0 Å². The van der Waals surface area contributed by atoms with E-state index >= 15 is 0 Å². The third-order valence-electron chi connectivity index (χ3n) is 3.26. The van der Waals surface area contributed by atoms with Gasteiger partial charge in [0.2, 0.25) is 0 Å². The van der Waals surface area contributed by atoms with E-state index in [2.05, 4.69) is 9.72 Å². The van der Waals surface area contributed by atoms with Gasteiger partial charge >= 0.3 is 5.97 Å². The highest BCUT2D eigenvalue weighted by atomic mass is 16.5. The van der Waals surface area contributed by atoms with Crippen LogP contribution in [-0.2, 0) is 9.53 Å². The minimum atomic E-state index is -0.431. The molecule has 0 aliphatic carbocycles. The molecule has 0 fully saturated rings. The molecule has 1 aromatic carbocycles. The Morgan fingerprint density at radius 1 is 1.29 bits per heavy atom. The van der Waals surface area contributed by atoms with Gasteiger partial charge in [-0.15, -0.1) is 0 Å². The molecule has 0 saturated heterocycles. The summed E-state index contributed by atoms with van der Waals surface area (Å²) >= 11 is 0. The largest absolute Gasteiger partial charge is 0.468 e. The van der Waals surface area contributed by atoms with Crippen molar-refractivity contribution >= 4 is 22.8 Å². The summed E-state index contributed by atoms with van der Waals surface area (Å²) in [5.41, 5.74) is 1.37. The zero-order valence-electron chi connectivity index (χ0n) is 12.4. The van der Waals surface area contributed by atoms with Crippen molar-refractivity contribution in [1.82, 2.24) is 9.88 Å². The van der Waals surface area contributed by atoms with E-state index in [0.717, 1.165) is 10.9 Å². The first-order valence-corrected chi connectivity index (χ1v) is 6.75. The maximum atomic E-state index is 12.6. The first kappa shape index (κ1) is 15.0. The fourth-order valence-corrected chi connectivity index (χ4v) is 2.07. The molecule has 2 aromatic rings. The second kappa shape index (κ2) is 6.35. The quantitative estimate of drug-likeness (QED) is 0.809. The summed E-state index contributed by atoms with van der Waals surface area (Å²) in [7, 11) is 1.31. The van der Waals surface area contributed by atoms with E-state index in [1.54, 1.807) is 24.4 Å². The van der Waals surface area contributed by atoms with Crippen LogP contribution >= 0.6 is 0 Å². The Balaban J connectivity index is 2.31. The van der Waals surface area contributed by atoms with E-state index in [1.807, 2.05) is 26.0 Å². The molecule has 2 rings (SSSR count). The van der Waals surface area contributed by atoms with Crippen molar-refractivity contribution < 1.29 is 14.3 Å². The topological polar surface area (TPSA) is 59.5 Å². The number of carbonyl (C=O) groups is 2. The van der Waals surface area contributed by atoms with E-state index in [9.17, 15) is 9.59 Å². The van der Waals surface area contributed by atoms with Crippen LogP contribution in [0.3, 0.4) is 0 Å². The van der Waals surface area contributed by atoms with E-state index in [4.69, 9.17) is 0 Å². The normalized spacial score (nSPS) is 10.7. The maximum Gasteiger partial charge on any atom is 0.325 e. The van der Waals surface area contributed by atoms with E-state index in [1.165, 1.54) is 12.0 Å². The predicted octanol–water partition coefficient (Wildman–Crippen LogP) is 2.26. The fraction of sp³-hybridized carbons (Fsp3) is 0.312. The molecule has 0 atom stereocenters. The van der Waals surface area contributed by atoms with Gasteiger partial charge in [0, 0.05) is 23.2 Å². The highest BCUT2D eigenvalue weighted by Gasteiger charge is 2.22. The molecule has 110 valence electrons. The van der Waals surface area contributed by atoms with Crippen molar-refractivity contribution in [3.05, 3.63) is 42.1 Å². The van der Waals surface area contributed by atoms with Crippen LogP contribution in [0.2, 0.25) is 0 Å². The number of carbonyl (C=O) groups excluding carboxylic acids is 2. The fourth-order valence-electron chi connectivity index (χ4n) is 2.07. The third kappa shape index (κ3) is 3.37. The first-order chi connectivity index (χ1) is 10.0. The van der Waals surface area contributed by atoms with Gasteiger partial charge in [0.25, 0.3) is 5.91 Å². The molecule has 5 heteroatoms. The summed E-state index contributed by atoms with van der Waals surface area (Å²) in [6.45, 7) is 3.67. The monoisotopic (exact) mass is 286 g/mol. The summed E-state index contributed by atoms with van der Waals surface area (Å²) in [6, 6.07) is 8.95. The lowest BCUT2D eigenvalue weighted by molar-refractivity contribution is -0.141. The van der Waals surface area contributed by atoms with Crippen LogP contribution in [0.25, 0.3) is 10.9 Å². The smallest absolute Gasteiger partial charge is 0.325 e. The number of aromatic nitrogens is 1. The SMILES string of the molecule is COC(=O)CN(C(=O)c1ccc2ncccc2c1)C(C)C. The molecule has 0 N–H and O–H groups in total. The number of methoxy groups -OCH3 is 1. The molecular formula is C16H18N2O3. The van der Waals surface area contributed by atoms with Gasteiger partial charge in [0.05, 0.1) is 12.6 Å².